The van der Waals surface area contributed by atoms with Crippen molar-refractivity contribution in [1.29, 1.82) is 0 Å². The van der Waals surface area contributed by atoms with Gasteiger partial charge < -0.3 is 4.90 Å². The number of rotatable bonds is 1. The number of amidine groups is 1. The number of fused-ring (bicyclic) bond motifs is 4. The first-order valence-electron chi connectivity index (χ1n) is 8.00. The van der Waals surface area contributed by atoms with Gasteiger partial charge in [0, 0.05) is 5.69 Å². The third-order valence-electron chi connectivity index (χ3n) is 4.72. The maximum atomic E-state index is 4.94. The lowest BCUT2D eigenvalue weighted by molar-refractivity contribution is 0.781. The van der Waals surface area contributed by atoms with E-state index in [-0.39, 0.29) is 6.04 Å². The Hall–Kier alpha value is -2.87. The average molecular weight is 296 g/mol. The van der Waals surface area contributed by atoms with Crippen LogP contribution in [0.3, 0.4) is 0 Å². The van der Waals surface area contributed by atoms with Gasteiger partial charge >= 0.3 is 0 Å². The van der Waals surface area contributed by atoms with Gasteiger partial charge in [0.1, 0.15) is 5.84 Å². The largest absolute Gasteiger partial charge is 0.324 e. The summed E-state index contributed by atoms with van der Waals surface area (Å²) in [5.41, 5.74) is 3.82. The number of nitrogens with zero attached hydrogens (tertiary/aromatic N) is 2. The number of hydrogen-bond acceptors (Lipinski definition) is 2. The summed E-state index contributed by atoms with van der Waals surface area (Å²) in [7, 11) is 0. The van der Waals surface area contributed by atoms with Crippen molar-refractivity contribution in [2.45, 2.75) is 6.04 Å². The SMILES string of the molecule is C1=Cc2ccccc2N2C[C@H](c3ccc4ccccc4c3)N=C12. The lowest BCUT2D eigenvalue weighted by atomic mass is 10.0. The van der Waals surface area contributed by atoms with Crippen LogP contribution in [0.4, 0.5) is 5.69 Å². The summed E-state index contributed by atoms with van der Waals surface area (Å²) in [5, 5.41) is 2.57. The van der Waals surface area contributed by atoms with Crippen molar-refractivity contribution in [2.24, 2.45) is 4.99 Å². The molecule has 0 N–H and O–H groups in total. The average Bonchev–Trinajstić information content (AvgIpc) is 3.06. The molecule has 5 rings (SSSR count). The summed E-state index contributed by atoms with van der Waals surface area (Å²) >= 11 is 0. The molecule has 0 fully saturated rings. The summed E-state index contributed by atoms with van der Waals surface area (Å²) in [6.07, 6.45) is 4.29. The highest BCUT2D eigenvalue weighted by molar-refractivity contribution is 6.13. The summed E-state index contributed by atoms with van der Waals surface area (Å²) in [4.78, 5) is 7.27. The van der Waals surface area contributed by atoms with Crippen LogP contribution in [0.25, 0.3) is 16.8 Å². The van der Waals surface area contributed by atoms with Crippen molar-refractivity contribution < 1.29 is 0 Å². The quantitative estimate of drug-likeness (QED) is 0.628. The first-order chi connectivity index (χ1) is 11.4. The van der Waals surface area contributed by atoms with E-state index in [9.17, 15) is 0 Å². The zero-order valence-corrected chi connectivity index (χ0v) is 12.7. The molecular weight excluding hydrogens is 280 g/mol. The standard InChI is InChI=1S/C21H16N2/c1-2-7-17-13-18(10-9-15(17)5-1)19-14-23-20-8-4-3-6-16(20)11-12-21(23)22-19/h1-13,19H,14H2/t19-/m1/s1. The predicted octanol–water partition coefficient (Wildman–Crippen LogP) is 4.83. The van der Waals surface area contributed by atoms with Crippen LogP contribution in [0, 0.1) is 0 Å². The topological polar surface area (TPSA) is 15.6 Å². The molecule has 0 amide bonds. The second-order valence-corrected chi connectivity index (χ2v) is 6.11. The van der Waals surface area contributed by atoms with E-state index >= 15 is 0 Å². The van der Waals surface area contributed by atoms with Gasteiger partial charge in [-0.2, -0.15) is 0 Å². The molecule has 3 aromatic carbocycles. The van der Waals surface area contributed by atoms with Crippen LogP contribution in [0.5, 0.6) is 0 Å². The second-order valence-electron chi connectivity index (χ2n) is 6.11. The van der Waals surface area contributed by atoms with Crippen molar-refractivity contribution >= 4 is 28.4 Å². The summed E-state index contributed by atoms with van der Waals surface area (Å²) in [6, 6.07) is 23.9. The van der Waals surface area contributed by atoms with Crippen molar-refractivity contribution in [3.63, 3.8) is 0 Å². The third kappa shape index (κ3) is 1.99. The Balaban J connectivity index is 1.55. The van der Waals surface area contributed by atoms with Gasteiger partial charge in [-0.05, 0) is 46.2 Å². The van der Waals surface area contributed by atoms with E-state index in [0.717, 1.165) is 12.4 Å². The number of hydrogen-bond donors (Lipinski definition) is 0. The van der Waals surface area contributed by atoms with Crippen LogP contribution in [0.15, 0.2) is 77.8 Å². The number of para-hydroxylation sites is 1. The van der Waals surface area contributed by atoms with E-state index in [2.05, 4.69) is 83.8 Å². The maximum absolute atomic E-state index is 4.94. The van der Waals surface area contributed by atoms with Crippen LogP contribution in [-0.4, -0.2) is 12.4 Å². The van der Waals surface area contributed by atoms with Crippen molar-refractivity contribution in [3.8, 4) is 0 Å². The Morgan fingerprint density at radius 3 is 2.61 bits per heavy atom. The van der Waals surface area contributed by atoms with E-state index in [1.54, 1.807) is 0 Å². The zero-order chi connectivity index (χ0) is 15.2. The van der Waals surface area contributed by atoms with Crippen molar-refractivity contribution in [2.75, 3.05) is 11.4 Å². The number of benzene rings is 3. The molecule has 2 nitrogen and oxygen atoms in total. The zero-order valence-electron chi connectivity index (χ0n) is 12.7. The Labute approximate surface area is 135 Å². The van der Waals surface area contributed by atoms with Crippen LogP contribution in [-0.2, 0) is 0 Å². The minimum atomic E-state index is 0.199. The molecule has 0 saturated carbocycles. The van der Waals surface area contributed by atoms with Gasteiger partial charge in [-0.3, -0.25) is 4.99 Å². The minimum absolute atomic E-state index is 0.199. The van der Waals surface area contributed by atoms with E-state index in [4.69, 9.17) is 4.99 Å². The molecule has 0 radical (unpaired) electrons. The van der Waals surface area contributed by atoms with Gasteiger partial charge in [-0.15, -0.1) is 0 Å². The molecule has 2 heteroatoms. The Morgan fingerprint density at radius 1 is 0.826 bits per heavy atom. The predicted molar refractivity (Wildman–Crippen MR) is 96.9 cm³/mol. The van der Waals surface area contributed by atoms with Crippen LogP contribution in [0.2, 0.25) is 0 Å². The Morgan fingerprint density at radius 2 is 1.65 bits per heavy atom. The second kappa shape index (κ2) is 4.82. The molecule has 0 bridgehead atoms. The normalized spacial score (nSPS) is 18.7. The fourth-order valence-electron chi connectivity index (χ4n) is 3.53. The third-order valence-corrected chi connectivity index (χ3v) is 4.72. The van der Waals surface area contributed by atoms with E-state index in [0.29, 0.717) is 0 Å². The van der Waals surface area contributed by atoms with Gasteiger partial charge in [-0.1, -0.05) is 54.6 Å². The highest BCUT2D eigenvalue weighted by Crippen LogP contribution is 2.35. The van der Waals surface area contributed by atoms with Crippen LogP contribution in [0.1, 0.15) is 17.2 Å². The van der Waals surface area contributed by atoms with E-state index in [1.165, 1.54) is 27.6 Å². The fraction of sp³-hybridized carbons (Fsp3) is 0.0952. The van der Waals surface area contributed by atoms with Crippen LogP contribution < -0.4 is 4.90 Å². The van der Waals surface area contributed by atoms with Gasteiger partial charge in [0.15, 0.2) is 0 Å². The molecule has 2 aliphatic heterocycles. The highest BCUT2D eigenvalue weighted by Gasteiger charge is 2.28. The monoisotopic (exact) mass is 296 g/mol. The molecule has 2 heterocycles. The number of anilines is 1. The fourth-order valence-corrected chi connectivity index (χ4v) is 3.53. The van der Waals surface area contributed by atoms with Gasteiger partial charge in [0.05, 0.1) is 12.6 Å². The molecule has 23 heavy (non-hydrogen) atoms. The molecule has 0 saturated heterocycles. The highest BCUT2D eigenvalue weighted by atomic mass is 15.3. The molecule has 0 aromatic heterocycles. The lowest BCUT2D eigenvalue weighted by Crippen LogP contribution is -2.28. The molecule has 0 aliphatic carbocycles. The summed E-state index contributed by atoms with van der Waals surface area (Å²) in [6.45, 7) is 0.912. The number of aliphatic imine (C=N–C) groups is 1. The van der Waals surface area contributed by atoms with Crippen molar-refractivity contribution in [3.05, 3.63) is 83.9 Å². The summed E-state index contributed by atoms with van der Waals surface area (Å²) < 4.78 is 0. The van der Waals surface area contributed by atoms with Gasteiger partial charge in [0.2, 0.25) is 0 Å². The molecule has 3 aromatic rings. The molecule has 0 spiro atoms. The Kier molecular flexibility index (Phi) is 2.65. The molecule has 2 aliphatic rings. The molecule has 0 unspecified atom stereocenters. The molecular formula is C21H16N2. The van der Waals surface area contributed by atoms with Gasteiger partial charge in [-0.25, -0.2) is 0 Å². The van der Waals surface area contributed by atoms with Crippen LogP contribution >= 0.6 is 0 Å². The first-order valence-corrected chi connectivity index (χ1v) is 8.00. The van der Waals surface area contributed by atoms with E-state index in [1.807, 2.05) is 0 Å². The first kappa shape index (κ1) is 12.7. The minimum Gasteiger partial charge on any atom is -0.324 e. The maximum Gasteiger partial charge on any atom is 0.128 e. The summed E-state index contributed by atoms with van der Waals surface area (Å²) in [5.74, 6) is 1.07. The lowest BCUT2D eigenvalue weighted by Gasteiger charge is -2.24. The Bertz CT molecular complexity index is 968. The molecule has 1 atom stereocenters. The van der Waals surface area contributed by atoms with Gasteiger partial charge in [0.25, 0.3) is 0 Å². The van der Waals surface area contributed by atoms with Crippen molar-refractivity contribution in [1.82, 2.24) is 0 Å². The smallest absolute Gasteiger partial charge is 0.128 e. The van der Waals surface area contributed by atoms with E-state index < -0.39 is 0 Å². The molecule has 110 valence electrons.